The number of hydrogen-bond donors (Lipinski definition) is 0. The van der Waals surface area contributed by atoms with Gasteiger partial charge in [-0.1, -0.05) is 18.2 Å². The number of aryl methyl sites for hydroxylation is 1. The molecule has 0 spiro atoms. The van der Waals surface area contributed by atoms with E-state index in [2.05, 4.69) is 6.07 Å². The second-order valence-corrected chi connectivity index (χ2v) is 7.22. The van der Waals surface area contributed by atoms with Gasteiger partial charge in [0.25, 0.3) is 5.91 Å². The molecule has 3 nitrogen and oxygen atoms in total. The third-order valence-corrected chi connectivity index (χ3v) is 5.93. The van der Waals surface area contributed by atoms with Crippen molar-refractivity contribution in [3.63, 3.8) is 0 Å². The van der Waals surface area contributed by atoms with Gasteiger partial charge >= 0.3 is 0 Å². The topological polar surface area (TPSA) is 44.1 Å². The molecule has 0 radical (unpaired) electrons. The Morgan fingerprint density at radius 2 is 1.96 bits per heavy atom. The third kappa shape index (κ3) is 3.09. The van der Waals surface area contributed by atoms with E-state index in [1.165, 1.54) is 17.4 Å². The van der Waals surface area contributed by atoms with Crippen LogP contribution in [0.5, 0.6) is 0 Å². The second kappa shape index (κ2) is 7.27. The molecule has 0 fully saturated rings. The minimum Gasteiger partial charge on any atom is -0.331 e. The van der Waals surface area contributed by atoms with Crippen LogP contribution >= 0.6 is 11.3 Å². The first-order valence-corrected chi connectivity index (χ1v) is 9.28. The summed E-state index contributed by atoms with van der Waals surface area (Å²) in [5.74, 6) is -0.388. The van der Waals surface area contributed by atoms with Gasteiger partial charge in [0.05, 0.1) is 22.6 Å². The van der Waals surface area contributed by atoms with Gasteiger partial charge in [-0.15, -0.1) is 11.3 Å². The van der Waals surface area contributed by atoms with Gasteiger partial charge in [-0.3, -0.25) is 4.79 Å². The third-order valence-electron chi connectivity index (χ3n) is 4.69. The van der Waals surface area contributed by atoms with E-state index in [1.807, 2.05) is 32.0 Å². The predicted octanol–water partition coefficient (Wildman–Crippen LogP) is 5.44. The number of halogens is 1. The van der Waals surface area contributed by atoms with Crippen LogP contribution in [0.15, 0.2) is 42.5 Å². The molecule has 0 aliphatic heterocycles. The van der Waals surface area contributed by atoms with Crippen molar-refractivity contribution in [2.24, 2.45) is 0 Å². The Kier molecular flexibility index (Phi) is 5.06. The van der Waals surface area contributed by atoms with Crippen molar-refractivity contribution in [2.45, 2.75) is 26.8 Å². The van der Waals surface area contributed by atoms with Gasteiger partial charge in [-0.2, -0.15) is 5.26 Å². The van der Waals surface area contributed by atoms with E-state index in [1.54, 1.807) is 30.0 Å². The second-order valence-electron chi connectivity index (χ2n) is 6.17. The highest BCUT2D eigenvalue weighted by molar-refractivity contribution is 7.21. The molecule has 1 heterocycles. The quantitative estimate of drug-likeness (QED) is 0.617. The van der Waals surface area contributed by atoms with Crippen LogP contribution in [0.3, 0.4) is 0 Å². The molecule has 3 rings (SSSR count). The normalized spacial score (nSPS) is 12.0. The molecule has 1 amide bonds. The average molecular weight is 366 g/mol. The molecule has 0 bridgehead atoms. The number of hydrogen-bond acceptors (Lipinski definition) is 3. The Hall–Kier alpha value is -2.71. The molecular formula is C21H19FN2OS. The Balaban J connectivity index is 1.97. The molecule has 5 heteroatoms. The van der Waals surface area contributed by atoms with Crippen molar-refractivity contribution >= 4 is 27.3 Å². The lowest BCUT2D eigenvalue weighted by atomic mass is 10.0. The standard InChI is InChI=1S/C21H19FN2OS/c1-4-24(14(3)16-10-8-15(12-23)9-11-16)21(25)20-13(2)19-17(22)6-5-7-18(19)26-20/h5-11,14H,4H2,1-3H3. The summed E-state index contributed by atoms with van der Waals surface area (Å²) < 4.78 is 14.9. The smallest absolute Gasteiger partial charge is 0.264 e. The number of thiophene rings is 1. The van der Waals surface area contributed by atoms with Gasteiger partial charge in [0.2, 0.25) is 0 Å². The Bertz CT molecular complexity index is 1000. The zero-order chi connectivity index (χ0) is 18.8. The van der Waals surface area contributed by atoms with Crippen LogP contribution in [-0.2, 0) is 0 Å². The van der Waals surface area contributed by atoms with E-state index in [0.717, 1.165) is 10.3 Å². The number of carbonyl (C=O) groups is 1. The molecule has 3 aromatic rings. The largest absolute Gasteiger partial charge is 0.331 e. The Morgan fingerprint density at radius 3 is 2.54 bits per heavy atom. The fourth-order valence-corrected chi connectivity index (χ4v) is 4.38. The van der Waals surface area contributed by atoms with Crippen molar-refractivity contribution in [1.29, 1.82) is 5.26 Å². The maximum Gasteiger partial charge on any atom is 0.264 e. The molecule has 2 aromatic carbocycles. The van der Waals surface area contributed by atoms with Crippen molar-refractivity contribution < 1.29 is 9.18 Å². The van der Waals surface area contributed by atoms with E-state index < -0.39 is 0 Å². The summed E-state index contributed by atoms with van der Waals surface area (Å²) in [5, 5.41) is 9.47. The number of benzene rings is 2. The molecule has 1 unspecified atom stereocenters. The maximum atomic E-state index is 14.2. The van der Waals surface area contributed by atoms with Gasteiger partial charge in [-0.25, -0.2) is 4.39 Å². The summed E-state index contributed by atoms with van der Waals surface area (Å²) in [4.78, 5) is 15.5. The molecule has 0 aliphatic carbocycles. The predicted molar refractivity (Wildman–Crippen MR) is 103 cm³/mol. The summed E-state index contributed by atoms with van der Waals surface area (Å²) in [5.41, 5.74) is 2.24. The molecular weight excluding hydrogens is 347 g/mol. The first-order valence-electron chi connectivity index (χ1n) is 8.46. The minimum atomic E-state index is -0.293. The summed E-state index contributed by atoms with van der Waals surface area (Å²) >= 11 is 1.33. The van der Waals surface area contributed by atoms with Crippen molar-refractivity contribution in [3.8, 4) is 6.07 Å². The van der Waals surface area contributed by atoms with E-state index in [4.69, 9.17) is 5.26 Å². The van der Waals surface area contributed by atoms with Gasteiger partial charge in [0.15, 0.2) is 0 Å². The molecule has 1 aromatic heterocycles. The fourth-order valence-electron chi connectivity index (χ4n) is 3.20. The molecule has 1 atom stereocenters. The molecule has 0 saturated heterocycles. The molecule has 0 aliphatic rings. The summed E-state index contributed by atoms with van der Waals surface area (Å²) in [7, 11) is 0. The number of fused-ring (bicyclic) bond motifs is 1. The lowest BCUT2D eigenvalue weighted by Gasteiger charge is -2.28. The van der Waals surface area contributed by atoms with Gasteiger partial charge in [0, 0.05) is 16.6 Å². The van der Waals surface area contributed by atoms with E-state index in [-0.39, 0.29) is 17.8 Å². The molecule has 0 saturated carbocycles. The molecule has 26 heavy (non-hydrogen) atoms. The summed E-state index contributed by atoms with van der Waals surface area (Å²) in [6.07, 6.45) is 0. The number of rotatable bonds is 4. The molecule has 132 valence electrons. The van der Waals surface area contributed by atoms with Crippen LogP contribution < -0.4 is 0 Å². The van der Waals surface area contributed by atoms with Crippen molar-refractivity contribution in [3.05, 3.63) is 69.8 Å². The monoisotopic (exact) mass is 366 g/mol. The first kappa shape index (κ1) is 18.1. The fraction of sp³-hybridized carbons (Fsp3) is 0.238. The van der Waals surface area contributed by atoms with Crippen LogP contribution in [0, 0.1) is 24.1 Å². The first-order chi connectivity index (χ1) is 12.5. The lowest BCUT2D eigenvalue weighted by Crippen LogP contribution is -2.33. The van der Waals surface area contributed by atoms with Gasteiger partial charge in [0.1, 0.15) is 5.82 Å². The minimum absolute atomic E-state index is 0.0949. The van der Waals surface area contributed by atoms with E-state index in [0.29, 0.717) is 27.9 Å². The van der Waals surface area contributed by atoms with E-state index >= 15 is 0 Å². The highest BCUT2D eigenvalue weighted by Gasteiger charge is 2.25. The van der Waals surface area contributed by atoms with Crippen LogP contribution in [0.25, 0.3) is 10.1 Å². The zero-order valence-corrected chi connectivity index (χ0v) is 15.7. The Labute approximate surface area is 156 Å². The van der Waals surface area contributed by atoms with Crippen LogP contribution in [0.4, 0.5) is 4.39 Å². The highest BCUT2D eigenvalue weighted by atomic mass is 32.1. The SMILES string of the molecule is CCN(C(=O)c1sc2cccc(F)c2c1C)C(C)c1ccc(C#N)cc1. The van der Waals surface area contributed by atoms with E-state index in [9.17, 15) is 9.18 Å². The summed E-state index contributed by atoms with van der Waals surface area (Å²) in [6.45, 7) is 6.23. The van der Waals surface area contributed by atoms with Crippen LogP contribution in [-0.4, -0.2) is 17.4 Å². The number of carbonyl (C=O) groups excluding carboxylic acids is 1. The molecule has 0 N–H and O–H groups in total. The van der Waals surface area contributed by atoms with Gasteiger partial charge < -0.3 is 4.90 Å². The van der Waals surface area contributed by atoms with Crippen LogP contribution in [0.2, 0.25) is 0 Å². The zero-order valence-electron chi connectivity index (χ0n) is 14.9. The van der Waals surface area contributed by atoms with Crippen molar-refractivity contribution in [2.75, 3.05) is 6.54 Å². The van der Waals surface area contributed by atoms with Gasteiger partial charge in [-0.05, 0) is 56.2 Å². The lowest BCUT2D eigenvalue weighted by molar-refractivity contribution is 0.0707. The summed E-state index contributed by atoms with van der Waals surface area (Å²) in [6, 6.07) is 14.1. The number of nitriles is 1. The maximum absolute atomic E-state index is 14.2. The average Bonchev–Trinajstić information content (AvgIpc) is 3.00. The highest BCUT2D eigenvalue weighted by Crippen LogP contribution is 2.34. The van der Waals surface area contributed by atoms with Crippen LogP contribution in [0.1, 0.15) is 46.3 Å². The Morgan fingerprint density at radius 1 is 1.27 bits per heavy atom. The van der Waals surface area contributed by atoms with Crippen molar-refractivity contribution in [1.82, 2.24) is 4.90 Å². The number of amides is 1. The number of nitrogens with zero attached hydrogens (tertiary/aromatic N) is 2.